The van der Waals surface area contributed by atoms with Crippen LogP contribution in [0.4, 0.5) is 13.2 Å². The van der Waals surface area contributed by atoms with Gasteiger partial charge in [0.1, 0.15) is 5.75 Å². The molecule has 0 radical (unpaired) electrons. The van der Waals surface area contributed by atoms with Crippen LogP contribution in [0.3, 0.4) is 0 Å². The molecule has 2 fully saturated rings. The van der Waals surface area contributed by atoms with E-state index in [1.807, 2.05) is 40.1 Å². The minimum atomic E-state index is -4.69. The van der Waals surface area contributed by atoms with Crippen molar-refractivity contribution in [2.45, 2.75) is 26.4 Å². The highest BCUT2D eigenvalue weighted by Gasteiger charge is 2.31. The molecule has 0 saturated carbocycles. The molecule has 0 atom stereocenters. The van der Waals surface area contributed by atoms with Gasteiger partial charge < -0.3 is 24.5 Å². The molecule has 8 rings (SSSR count). The van der Waals surface area contributed by atoms with Crippen LogP contribution in [0.5, 0.6) is 5.75 Å². The van der Waals surface area contributed by atoms with Gasteiger partial charge in [-0.3, -0.25) is 19.4 Å². The molecule has 11 nitrogen and oxygen atoms in total. The van der Waals surface area contributed by atoms with E-state index in [1.165, 1.54) is 23.3 Å². The Balaban J connectivity index is 0.000000168. The number of aromatic nitrogens is 4. The van der Waals surface area contributed by atoms with Crippen LogP contribution in [0.1, 0.15) is 37.4 Å². The van der Waals surface area contributed by atoms with E-state index in [2.05, 4.69) is 65.7 Å². The lowest BCUT2D eigenvalue weighted by atomic mass is 10.1. The number of ether oxygens (including phenoxy) is 1. The molecule has 2 aromatic heterocycles. The number of piperazine rings is 2. The fourth-order valence-electron chi connectivity index (χ4n) is 6.73. The number of rotatable bonds is 7. The van der Waals surface area contributed by atoms with Crippen LogP contribution in [0.25, 0.3) is 22.1 Å². The third-order valence-corrected chi connectivity index (χ3v) is 9.74. The molecule has 2 N–H and O–H groups in total. The van der Waals surface area contributed by atoms with E-state index >= 15 is 0 Å². The Bertz CT molecular complexity index is 2180. The summed E-state index contributed by atoms with van der Waals surface area (Å²) >= 11 is 0. The zero-order valence-corrected chi connectivity index (χ0v) is 29.9. The highest BCUT2D eigenvalue weighted by molar-refractivity contribution is 5.98. The van der Waals surface area contributed by atoms with Crippen molar-refractivity contribution >= 4 is 33.9 Å². The summed E-state index contributed by atoms with van der Waals surface area (Å²) in [5, 5.41) is 0. The molecular formula is C40H41F3N8O3. The molecule has 14 heteroatoms. The Morgan fingerprint density at radius 2 is 1.06 bits per heavy atom. The van der Waals surface area contributed by atoms with Gasteiger partial charge in [-0.05, 0) is 66.6 Å². The van der Waals surface area contributed by atoms with Gasteiger partial charge in [-0.25, -0.2) is 9.97 Å². The average molecular weight is 739 g/mol. The van der Waals surface area contributed by atoms with Crippen molar-refractivity contribution in [3.63, 3.8) is 0 Å². The van der Waals surface area contributed by atoms with E-state index in [1.54, 1.807) is 30.9 Å². The van der Waals surface area contributed by atoms with Gasteiger partial charge >= 0.3 is 6.36 Å². The largest absolute Gasteiger partial charge is 0.573 e. The summed E-state index contributed by atoms with van der Waals surface area (Å²) < 4.78 is 40.6. The molecular weight excluding hydrogens is 697 g/mol. The number of imidazole rings is 2. The van der Waals surface area contributed by atoms with Crippen molar-refractivity contribution in [2.75, 3.05) is 52.4 Å². The number of amides is 2. The minimum Gasteiger partial charge on any atom is -0.406 e. The van der Waals surface area contributed by atoms with Crippen molar-refractivity contribution in [1.29, 1.82) is 0 Å². The first-order valence-electron chi connectivity index (χ1n) is 17.9. The molecule has 280 valence electrons. The van der Waals surface area contributed by atoms with E-state index in [9.17, 15) is 22.8 Å². The molecule has 4 heterocycles. The second kappa shape index (κ2) is 16.1. The monoisotopic (exact) mass is 738 g/mol. The smallest absolute Gasteiger partial charge is 0.406 e. The minimum absolute atomic E-state index is 0.0187. The van der Waals surface area contributed by atoms with E-state index in [-0.39, 0.29) is 17.6 Å². The van der Waals surface area contributed by atoms with E-state index < -0.39 is 6.36 Å². The number of hydrogen-bond acceptors (Lipinski definition) is 7. The van der Waals surface area contributed by atoms with Gasteiger partial charge in [-0.1, -0.05) is 42.0 Å². The first kappa shape index (κ1) is 36.6. The molecule has 0 aliphatic carbocycles. The number of aryl methyl sites for hydroxylation is 1. The van der Waals surface area contributed by atoms with Crippen LogP contribution in [-0.4, -0.2) is 110 Å². The Morgan fingerprint density at radius 3 is 1.48 bits per heavy atom. The van der Waals surface area contributed by atoms with E-state index in [0.29, 0.717) is 38.3 Å². The van der Waals surface area contributed by atoms with Crippen LogP contribution in [0.2, 0.25) is 0 Å². The molecule has 4 aromatic carbocycles. The van der Waals surface area contributed by atoms with Crippen molar-refractivity contribution < 1.29 is 27.5 Å². The molecule has 54 heavy (non-hydrogen) atoms. The predicted octanol–water partition coefficient (Wildman–Crippen LogP) is 6.25. The van der Waals surface area contributed by atoms with Gasteiger partial charge in [0.25, 0.3) is 11.8 Å². The average Bonchev–Trinajstić information content (AvgIpc) is 3.86. The lowest BCUT2D eigenvalue weighted by Gasteiger charge is -2.34. The Hall–Kier alpha value is -5.73. The normalized spacial score (nSPS) is 15.6. The van der Waals surface area contributed by atoms with Gasteiger partial charge in [0.05, 0.1) is 34.7 Å². The van der Waals surface area contributed by atoms with Crippen LogP contribution in [-0.2, 0) is 13.1 Å². The molecule has 0 bridgehead atoms. The van der Waals surface area contributed by atoms with Gasteiger partial charge in [0, 0.05) is 76.6 Å². The molecule has 0 unspecified atom stereocenters. The number of carbonyl (C=O) groups excluding carboxylic acids is 2. The third-order valence-electron chi connectivity index (χ3n) is 9.74. The van der Waals surface area contributed by atoms with Crippen molar-refractivity contribution in [3.05, 3.63) is 125 Å². The summed E-state index contributed by atoms with van der Waals surface area (Å²) in [5.74, 6) is -0.146. The van der Waals surface area contributed by atoms with Gasteiger partial charge in [0.2, 0.25) is 0 Å². The molecule has 6 aromatic rings. The second-order valence-corrected chi connectivity index (χ2v) is 13.6. The maximum atomic E-state index is 12.7. The number of fused-ring (bicyclic) bond motifs is 2. The van der Waals surface area contributed by atoms with Crippen LogP contribution < -0.4 is 4.74 Å². The lowest BCUT2D eigenvalue weighted by molar-refractivity contribution is -0.274. The Kier molecular flexibility index (Phi) is 10.9. The highest BCUT2D eigenvalue weighted by Crippen LogP contribution is 2.24. The fourth-order valence-corrected chi connectivity index (χ4v) is 6.73. The van der Waals surface area contributed by atoms with Gasteiger partial charge in [0.15, 0.2) is 0 Å². The summed E-state index contributed by atoms with van der Waals surface area (Å²) in [4.78, 5) is 48.3. The molecule has 2 aliphatic rings. The number of carbonyl (C=O) groups is 2. The predicted molar refractivity (Wildman–Crippen MR) is 199 cm³/mol. The topological polar surface area (TPSA) is 114 Å². The van der Waals surface area contributed by atoms with Crippen LogP contribution in [0, 0.1) is 6.92 Å². The van der Waals surface area contributed by atoms with Crippen LogP contribution >= 0.6 is 0 Å². The number of H-pyrrole nitrogens is 2. The first-order chi connectivity index (χ1) is 26.1. The number of alkyl halides is 3. The van der Waals surface area contributed by atoms with E-state index in [4.69, 9.17) is 0 Å². The molecule has 2 saturated heterocycles. The molecule has 0 spiro atoms. The summed E-state index contributed by atoms with van der Waals surface area (Å²) in [7, 11) is 0. The number of halogens is 3. The van der Waals surface area contributed by atoms with Gasteiger partial charge in [-0.2, -0.15) is 0 Å². The Morgan fingerprint density at radius 1 is 0.630 bits per heavy atom. The van der Waals surface area contributed by atoms with Crippen LogP contribution in [0.15, 0.2) is 97.6 Å². The summed E-state index contributed by atoms with van der Waals surface area (Å²) in [6.45, 7) is 9.59. The molecule has 2 amide bonds. The van der Waals surface area contributed by atoms with Gasteiger partial charge in [-0.15, -0.1) is 13.2 Å². The summed E-state index contributed by atoms with van der Waals surface area (Å²) in [5.41, 5.74) is 8.29. The SMILES string of the molecule is Cc1ccc(CN2CCN(C(=O)c3ccc4nc[nH]c4c3)CC2)cc1.O=C(c1ccc2nc[nH]c2c1)N1CCN(Cc2ccc(OC(F)(F)F)cc2)CC1. The zero-order chi connectivity index (χ0) is 37.7. The first-order valence-corrected chi connectivity index (χ1v) is 17.9. The molecule has 2 aliphatic heterocycles. The standard InChI is InChI=1S/C20H19F3N4O2.C20H22N4O/c21-20(22,23)29-16-4-1-14(2-5-16)12-26-7-9-27(10-8-26)19(28)15-3-6-17-18(11-15)25-13-24-17;1-15-2-4-16(5-3-15)13-23-8-10-24(11-9-23)20(25)17-6-7-18-19(12-17)22-14-21-18/h1-6,11,13H,7-10,12H2,(H,24,25);2-7,12,14H,8-11,13H2,1H3,(H,21,22). The maximum absolute atomic E-state index is 12.7. The second-order valence-electron chi connectivity index (χ2n) is 13.6. The maximum Gasteiger partial charge on any atom is 0.573 e. The number of aromatic amines is 2. The quantitative estimate of drug-likeness (QED) is 0.199. The summed E-state index contributed by atoms with van der Waals surface area (Å²) in [6.07, 6.45) is -1.44. The van der Waals surface area contributed by atoms with Crippen molar-refractivity contribution in [2.24, 2.45) is 0 Å². The van der Waals surface area contributed by atoms with Crippen molar-refractivity contribution in [3.8, 4) is 5.75 Å². The Labute approximate surface area is 310 Å². The lowest BCUT2D eigenvalue weighted by Crippen LogP contribution is -2.48. The highest BCUT2D eigenvalue weighted by atomic mass is 19.4. The summed E-state index contributed by atoms with van der Waals surface area (Å²) in [6, 6.07) is 25.6. The number of benzene rings is 4. The number of nitrogens with zero attached hydrogens (tertiary/aromatic N) is 6. The number of nitrogens with one attached hydrogen (secondary N) is 2. The third kappa shape index (κ3) is 9.25. The van der Waals surface area contributed by atoms with E-state index in [0.717, 1.165) is 65.9 Å². The number of hydrogen-bond donors (Lipinski definition) is 2. The zero-order valence-electron chi connectivity index (χ0n) is 29.9. The van der Waals surface area contributed by atoms with Crippen molar-refractivity contribution in [1.82, 2.24) is 39.5 Å². The fraction of sp³-hybridized carbons (Fsp3) is 0.300.